The van der Waals surface area contributed by atoms with Gasteiger partial charge in [-0.1, -0.05) is 53.7 Å². The zero-order valence-electron chi connectivity index (χ0n) is 21.7. The topological polar surface area (TPSA) is 182 Å². The molecule has 5 aromatic rings. The van der Waals surface area contributed by atoms with Crippen molar-refractivity contribution in [3.8, 4) is 34.3 Å². The van der Waals surface area contributed by atoms with E-state index in [1.807, 2.05) is 6.07 Å². The molecular formula is C27H22N8O6. The van der Waals surface area contributed by atoms with E-state index in [0.29, 0.717) is 22.4 Å². The van der Waals surface area contributed by atoms with Gasteiger partial charge in [0.15, 0.2) is 17.2 Å². The number of aromatic nitrogens is 5. The number of nitrogens with two attached hydrogens (primary N) is 1. The van der Waals surface area contributed by atoms with Gasteiger partial charge in [-0.3, -0.25) is 4.79 Å². The summed E-state index contributed by atoms with van der Waals surface area (Å²) in [7, 11) is 2.84. The highest BCUT2D eigenvalue weighted by molar-refractivity contribution is 5.99. The monoisotopic (exact) mass is 554 g/mol. The first kappa shape index (κ1) is 26.6. The number of nitrogen functional groups attached to an aromatic ring is 1. The van der Waals surface area contributed by atoms with Crippen molar-refractivity contribution in [2.45, 2.75) is 0 Å². The van der Waals surface area contributed by atoms with E-state index >= 15 is 0 Å². The molecule has 41 heavy (non-hydrogen) atoms. The maximum atomic E-state index is 13.1. The minimum absolute atomic E-state index is 0.0298. The molecule has 0 saturated carbocycles. The summed E-state index contributed by atoms with van der Waals surface area (Å²) in [5.41, 5.74) is 9.97. The number of hydrazone groups is 1. The van der Waals surface area contributed by atoms with Gasteiger partial charge in [0.2, 0.25) is 17.4 Å². The number of nitrogens with one attached hydrogen (secondary N) is 1. The summed E-state index contributed by atoms with van der Waals surface area (Å²) >= 11 is 0. The number of carbonyl (C=O) groups excluding carboxylic acids is 2. The zero-order valence-corrected chi connectivity index (χ0v) is 21.7. The number of ether oxygens (including phenoxy) is 3. The summed E-state index contributed by atoms with van der Waals surface area (Å²) in [4.78, 5) is 25.7. The fourth-order valence-electron chi connectivity index (χ4n) is 3.80. The van der Waals surface area contributed by atoms with Gasteiger partial charge in [0.25, 0.3) is 5.91 Å². The van der Waals surface area contributed by atoms with Crippen molar-refractivity contribution in [1.29, 1.82) is 0 Å². The molecular weight excluding hydrogens is 532 g/mol. The Balaban J connectivity index is 1.39. The summed E-state index contributed by atoms with van der Waals surface area (Å²) in [6.07, 6.45) is 1.36. The van der Waals surface area contributed by atoms with E-state index in [1.54, 1.807) is 66.7 Å². The Morgan fingerprint density at radius 3 is 2.24 bits per heavy atom. The summed E-state index contributed by atoms with van der Waals surface area (Å²) in [6.45, 7) is 0. The molecule has 0 saturated heterocycles. The number of benzene rings is 3. The summed E-state index contributed by atoms with van der Waals surface area (Å²) in [6, 6.07) is 20.6. The van der Waals surface area contributed by atoms with Gasteiger partial charge in [-0.25, -0.2) is 14.8 Å². The van der Waals surface area contributed by atoms with Gasteiger partial charge < -0.3 is 19.9 Å². The number of anilines is 1. The maximum absolute atomic E-state index is 13.1. The quantitative estimate of drug-likeness (QED) is 0.118. The smallest absolute Gasteiger partial charge is 0.343 e. The van der Waals surface area contributed by atoms with E-state index in [2.05, 4.69) is 35.8 Å². The van der Waals surface area contributed by atoms with Gasteiger partial charge in [0, 0.05) is 11.1 Å². The first-order valence-corrected chi connectivity index (χ1v) is 12.0. The molecule has 0 bridgehead atoms. The lowest BCUT2D eigenvalue weighted by Gasteiger charge is -2.14. The molecule has 2 heterocycles. The molecule has 3 N–H and O–H groups in total. The van der Waals surface area contributed by atoms with E-state index in [9.17, 15) is 9.59 Å². The van der Waals surface area contributed by atoms with E-state index in [4.69, 9.17) is 19.9 Å². The Morgan fingerprint density at radius 1 is 0.976 bits per heavy atom. The summed E-state index contributed by atoms with van der Waals surface area (Å²) < 4.78 is 22.3. The highest BCUT2D eigenvalue weighted by Gasteiger charge is 2.25. The predicted octanol–water partition coefficient (Wildman–Crippen LogP) is 2.90. The lowest BCUT2D eigenvalue weighted by Crippen LogP contribution is -2.19. The first-order chi connectivity index (χ1) is 20.0. The SMILES string of the molecule is COc1cc(/C=N/NC(=O)c2nnn(-c3nonc3N)c2-c2ccccc2)cc(OC)c1OC(=O)c1ccccc1. The Morgan fingerprint density at radius 2 is 1.63 bits per heavy atom. The molecule has 14 nitrogen and oxygen atoms in total. The van der Waals surface area contributed by atoms with Crippen LogP contribution < -0.4 is 25.4 Å². The van der Waals surface area contributed by atoms with Crippen molar-refractivity contribution in [3.63, 3.8) is 0 Å². The van der Waals surface area contributed by atoms with Crippen LogP contribution >= 0.6 is 0 Å². The molecule has 0 aliphatic carbocycles. The number of hydrogen-bond donors (Lipinski definition) is 2. The van der Waals surface area contributed by atoms with Crippen molar-refractivity contribution in [3.05, 3.63) is 89.6 Å². The van der Waals surface area contributed by atoms with Crippen LogP contribution in [0.5, 0.6) is 17.2 Å². The third-order valence-corrected chi connectivity index (χ3v) is 5.70. The average molecular weight is 555 g/mol. The number of carbonyl (C=O) groups is 2. The number of methoxy groups -OCH3 is 2. The molecule has 5 rings (SSSR count). The minimum Gasteiger partial charge on any atom is -0.493 e. The second kappa shape index (κ2) is 11.8. The van der Waals surface area contributed by atoms with Crippen molar-refractivity contribution < 1.29 is 28.4 Å². The standard InChI is InChI=1S/C27H22N8O6/c1-38-19-13-16(14-20(39-2)23(19)40-27(37)18-11-7-4-8-12-18)15-29-31-26(36)21-22(17-9-5-3-6-10-17)35(34-30-21)25-24(28)32-41-33-25/h3-15H,1-2H3,(H2,28,32)(H,31,36)/b29-15+. The van der Waals surface area contributed by atoms with Gasteiger partial charge in [-0.2, -0.15) is 9.78 Å². The molecule has 1 amide bonds. The van der Waals surface area contributed by atoms with Gasteiger partial charge in [-0.15, -0.1) is 5.10 Å². The highest BCUT2D eigenvalue weighted by Crippen LogP contribution is 2.38. The third kappa shape index (κ3) is 5.56. The van der Waals surface area contributed by atoms with Crippen LogP contribution in [0.3, 0.4) is 0 Å². The van der Waals surface area contributed by atoms with Crippen LogP contribution in [0.4, 0.5) is 5.82 Å². The lowest BCUT2D eigenvalue weighted by atomic mass is 10.1. The van der Waals surface area contributed by atoms with E-state index in [0.717, 1.165) is 0 Å². The number of rotatable bonds is 9. The Kier molecular flexibility index (Phi) is 7.63. The van der Waals surface area contributed by atoms with Crippen LogP contribution in [0.2, 0.25) is 0 Å². The Labute approximate surface area is 232 Å². The van der Waals surface area contributed by atoms with Crippen LogP contribution in [-0.2, 0) is 0 Å². The summed E-state index contributed by atoms with van der Waals surface area (Å²) in [5, 5.41) is 19.4. The minimum atomic E-state index is -0.659. The van der Waals surface area contributed by atoms with Crippen molar-refractivity contribution in [2.75, 3.05) is 20.0 Å². The first-order valence-electron chi connectivity index (χ1n) is 12.0. The third-order valence-electron chi connectivity index (χ3n) is 5.70. The normalized spacial score (nSPS) is 10.9. The van der Waals surface area contributed by atoms with Gasteiger partial charge >= 0.3 is 5.97 Å². The maximum Gasteiger partial charge on any atom is 0.343 e. The molecule has 0 spiro atoms. The molecule has 0 aliphatic heterocycles. The average Bonchev–Trinajstić information content (AvgIpc) is 3.64. The molecule has 2 aromatic heterocycles. The van der Waals surface area contributed by atoms with Crippen molar-refractivity contribution >= 4 is 23.9 Å². The second-order valence-electron chi connectivity index (χ2n) is 8.25. The predicted molar refractivity (Wildman–Crippen MR) is 145 cm³/mol. The van der Waals surface area contributed by atoms with E-state index in [1.165, 1.54) is 25.1 Å². The fraction of sp³-hybridized carbons (Fsp3) is 0.0741. The van der Waals surface area contributed by atoms with Crippen LogP contribution in [0.25, 0.3) is 17.1 Å². The summed E-state index contributed by atoms with van der Waals surface area (Å²) in [5.74, 6) is -0.668. The molecule has 0 fully saturated rings. The van der Waals surface area contributed by atoms with Crippen LogP contribution in [0.1, 0.15) is 26.4 Å². The molecule has 0 aliphatic rings. The fourth-order valence-corrected chi connectivity index (χ4v) is 3.80. The Bertz CT molecular complexity index is 1690. The highest BCUT2D eigenvalue weighted by atomic mass is 16.6. The number of esters is 1. The van der Waals surface area contributed by atoms with Gasteiger partial charge in [0.1, 0.15) is 5.69 Å². The molecule has 14 heteroatoms. The van der Waals surface area contributed by atoms with Crippen LogP contribution in [0.15, 0.2) is 82.5 Å². The van der Waals surface area contributed by atoms with E-state index in [-0.39, 0.29) is 34.6 Å². The van der Waals surface area contributed by atoms with Crippen LogP contribution in [0, 0.1) is 0 Å². The van der Waals surface area contributed by atoms with E-state index < -0.39 is 11.9 Å². The molecule has 0 unspecified atom stereocenters. The number of amides is 1. The molecule has 0 radical (unpaired) electrons. The molecule has 0 atom stereocenters. The number of hydrogen-bond acceptors (Lipinski definition) is 12. The molecule has 206 valence electrons. The largest absolute Gasteiger partial charge is 0.493 e. The second-order valence-corrected chi connectivity index (χ2v) is 8.25. The van der Waals surface area contributed by atoms with Crippen molar-refractivity contribution in [2.24, 2.45) is 5.10 Å². The van der Waals surface area contributed by atoms with Crippen molar-refractivity contribution in [1.82, 2.24) is 30.7 Å². The zero-order chi connectivity index (χ0) is 28.8. The van der Waals surface area contributed by atoms with Gasteiger partial charge in [0.05, 0.1) is 26.0 Å². The lowest BCUT2D eigenvalue weighted by molar-refractivity contribution is 0.0724. The number of nitrogens with zero attached hydrogens (tertiary/aromatic N) is 6. The molecule has 3 aromatic carbocycles. The van der Waals surface area contributed by atoms with Crippen LogP contribution in [-0.4, -0.2) is 57.6 Å². The Hall–Kier alpha value is -6.05. The van der Waals surface area contributed by atoms with Gasteiger partial charge in [-0.05, 0) is 34.6 Å².